The number of carbonyl (C=O) groups is 1. The van der Waals surface area contributed by atoms with Gasteiger partial charge in [-0.25, -0.2) is 18.6 Å². The van der Waals surface area contributed by atoms with Crippen LogP contribution in [0.5, 0.6) is 5.75 Å². The van der Waals surface area contributed by atoms with Crippen LogP contribution in [-0.2, 0) is 0 Å². The van der Waals surface area contributed by atoms with Crippen molar-refractivity contribution < 1.29 is 23.4 Å². The molecule has 6 heteroatoms. The number of halogens is 2. The summed E-state index contributed by atoms with van der Waals surface area (Å²) in [5, 5.41) is 9.79. The molecular weight excluding hydrogens is 304 g/mol. The van der Waals surface area contributed by atoms with Gasteiger partial charge in [-0.05, 0) is 30.3 Å². The Bertz CT molecular complexity index is 925. The van der Waals surface area contributed by atoms with Gasteiger partial charge in [0.2, 0.25) is 0 Å². The van der Waals surface area contributed by atoms with Crippen molar-refractivity contribution in [1.29, 1.82) is 0 Å². The predicted molar refractivity (Wildman–Crippen MR) is 80.6 cm³/mol. The first-order valence-corrected chi connectivity index (χ1v) is 6.67. The minimum atomic E-state index is -1.16. The predicted octanol–water partition coefficient (Wildman–Crippen LogP) is 3.89. The zero-order valence-corrected chi connectivity index (χ0v) is 12.0. The molecule has 116 valence electrons. The van der Waals surface area contributed by atoms with Crippen molar-refractivity contribution in [3.63, 3.8) is 0 Å². The molecule has 1 aromatic heterocycles. The first-order chi connectivity index (χ1) is 11.0. The SMILES string of the molecule is COc1ccc2c(C(=O)O)cc(-c3ccc(F)cc3F)nc2c1. The fraction of sp³-hybridized carbons (Fsp3) is 0.0588. The number of ether oxygens (including phenoxy) is 1. The molecule has 0 saturated heterocycles. The van der Waals surface area contributed by atoms with Gasteiger partial charge in [0, 0.05) is 23.1 Å². The highest BCUT2D eigenvalue weighted by molar-refractivity contribution is 6.04. The zero-order chi connectivity index (χ0) is 16.6. The number of pyridine rings is 1. The molecule has 4 nitrogen and oxygen atoms in total. The highest BCUT2D eigenvalue weighted by Gasteiger charge is 2.16. The number of hydrogen-bond donors (Lipinski definition) is 1. The summed E-state index contributed by atoms with van der Waals surface area (Å²) in [6.45, 7) is 0. The Labute approximate surface area is 130 Å². The summed E-state index contributed by atoms with van der Waals surface area (Å²) in [6.07, 6.45) is 0. The summed E-state index contributed by atoms with van der Waals surface area (Å²) < 4.78 is 32.1. The van der Waals surface area contributed by atoms with Crippen molar-refractivity contribution in [2.75, 3.05) is 7.11 Å². The molecule has 0 fully saturated rings. The molecule has 23 heavy (non-hydrogen) atoms. The van der Waals surface area contributed by atoms with E-state index in [4.69, 9.17) is 4.74 Å². The van der Waals surface area contributed by atoms with E-state index in [2.05, 4.69) is 4.98 Å². The van der Waals surface area contributed by atoms with E-state index in [-0.39, 0.29) is 16.8 Å². The van der Waals surface area contributed by atoms with Crippen LogP contribution in [0.1, 0.15) is 10.4 Å². The molecule has 0 aliphatic heterocycles. The molecule has 0 spiro atoms. The second-order valence-electron chi connectivity index (χ2n) is 4.87. The van der Waals surface area contributed by atoms with Crippen LogP contribution in [0.15, 0.2) is 42.5 Å². The van der Waals surface area contributed by atoms with Gasteiger partial charge in [-0.1, -0.05) is 0 Å². The maximum atomic E-state index is 14.0. The van der Waals surface area contributed by atoms with Gasteiger partial charge in [0.15, 0.2) is 0 Å². The standard InChI is InChI=1S/C17H11F2NO3/c1-23-10-3-5-11-13(17(21)22)8-16(20-15(11)7-10)12-4-2-9(18)6-14(12)19/h2-8H,1H3,(H,21,22). The van der Waals surface area contributed by atoms with Crippen molar-refractivity contribution in [1.82, 2.24) is 4.98 Å². The lowest BCUT2D eigenvalue weighted by Crippen LogP contribution is -2.01. The Morgan fingerprint density at radius 3 is 2.57 bits per heavy atom. The second-order valence-corrected chi connectivity index (χ2v) is 4.87. The topological polar surface area (TPSA) is 59.4 Å². The Morgan fingerprint density at radius 1 is 1.13 bits per heavy atom. The maximum absolute atomic E-state index is 14.0. The van der Waals surface area contributed by atoms with Gasteiger partial charge >= 0.3 is 5.97 Å². The first kappa shape index (κ1) is 14.9. The van der Waals surface area contributed by atoms with Crippen molar-refractivity contribution in [3.8, 4) is 17.0 Å². The lowest BCUT2D eigenvalue weighted by atomic mass is 10.0. The average Bonchev–Trinajstić information content (AvgIpc) is 2.53. The monoisotopic (exact) mass is 315 g/mol. The fourth-order valence-corrected chi connectivity index (χ4v) is 2.35. The molecular formula is C17H11F2NO3. The van der Waals surface area contributed by atoms with Gasteiger partial charge in [-0.2, -0.15) is 0 Å². The summed E-state index contributed by atoms with van der Waals surface area (Å²) >= 11 is 0. The quantitative estimate of drug-likeness (QED) is 0.796. The van der Waals surface area contributed by atoms with Crippen LogP contribution in [0, 0.1) is 11.6 Å². The molecule has 1 N–H and O–H groups in total. The maximum Gasteiger partial charge on any atom is 0.336 e. The van der Waals surface area contributed by atoms with E-state index >= 15 is 0 Å². The minimum absolute atomic E-state index is 0.0172. The molecule has 0 atom stereocenters. The lowest BCUT2D eigenvalue weighted by molar-refractivity contribution is 0.0699. The first-order valence-electron chi connectivity index (χ1n) is 6.67. The van der Waals surface area contributed by atoms with Crippen molar-refractivity contribution in [3.05, 3.63) is 59.7 Å². The van der Waals surface area contributed by atoms with Gasteiger partial charge in [-0.3, -0.25) is 0 Å². The molecule has 0 amide bonds. The normalized spacial score (nSPS) is 10.7. The third-order valence-electron chi connectivity index (χ3n) is 3.45. The fourth-order valence-electron chi connectivity index (χ4n) is 2.35. The molecule has 2 aromatic carbocycles. The molecule has 0 aliphatic rings. The van der Waals surface area contributed by atoms with E-state index < -0.39 is 17.6 Å². The van der Waals surface area contributed by atoms with E-state index in [1.807, 2.05) is 0 Å². The van der Waals surface area contributed by atoms with E-state index in [1.165, 1.54) is 19.2 Å². The Hall–Kier alpha value is -3.02. The number of benzene rings is 2. The highest BCUT2D eigenvalue weighted by atomic mass is 19.1. The molecule has 0 radical (unpaired) electrons. The van der Waals surface area contributed by atoms with Crippen LogP contribution in [0.3, 0.4) is 0 Å². The number of carboxylic acids is 1. The molecule has 0 saturated carbocycles. The lowest BCUT2D eigenvalue weighted by Gasteiger charge is -2.09. The Balaban J connectivity index is 2.30. The average molecular weight is 315 g/mol. The van der Waals surface area contributed by atoms with E-state index in [1.54, 1.807) is 18.2 Å². The summed E-state index contributed by atoms with van der Waals surface area (Å²) in [4.78, 5) is 15.8. The third kappa shape index (κ3) is 2.70. The number of aromatic carboxylic acids is 1. The summed E-state index contributed by atoms with van der Waals surface area (Å²) in [6, 6.07) is 9.08. The number of nitrogens with zero attached hydrogens (tertiary/aromatic N) is 1. The van der Waals surface area contributed by atoms with Crippen molar-refractivity contribution in [2.24, 2.45) is 0 Å². The highest BCUT2D eigenvalue weighted by Crippen LogP contribution is 2.29. The third-order valence-corrected chi connectivity index (χ3v) is 3.45. The van der Waals surface area contributed by atoms with Gasteiger partial charge < -0.3 is 9.84 Å². The van der Waals surface area contributed by atoms with Crippen LogP contribution < -0.4 is 4.74 Å². The van der Waals surface area contributed by atoms with Crippen LogP contribution in [0.2, 0.25) is 0 Å². The molecule has 3 rings (SSSR count). The minimum Gasteiger partial charge on any atom is -0.497 e. The van der Waals surface area contributed by atoms with E-state index in [0.717, 1.165) is 12.1 Å². The summed E-state index contributed by atoms with van der Waals surface area (Å²) in [7, 11) is 1.47. The van der Waals surface area contributed by atoms with Crippen LogP contribution in [-0.4, -0.2) is 23.2 Å². The van der Waals surface area contributed by atoms with Crippen molar-refractivity contribution in [2.45, 2.75) is 0 Å². The smallest absolute Gasteiger partial charge is 0.336 e. The Morgan fingerprint density at radius 2 is 1.91 bits per heavy atom. The Kier molecular flexibility index (Phi) is 3.65. The zero-order valence-electron chi connectivity index (χ0n) is 12.0. The second kappa shape index (κ2) is 5.64. The largest absolute Gasteiger partial charge is 0.497 e. The number of rotatable bonds is 3. The van der Waals surface area contributed by atoms with Gasteiger partial charge in [0.05, 0.1) is 23.9 Å². The molecule has 0 aliphatic carbocycles. The van der Waals surface area contributed by atoms with Gasteiger partial charge in [0.25, 0.3) is 0 Å². The van der Waals surface area contributed by atoms with Gasteiger partial charge in [0.1, 0.15) is 17.4 Å². The number of carboxylic acid groups (broad SMARTS) is 1. The summed E-state index contributed by atoms with van der Waals surface area (Å²) in [5.41, 5.74) is 0.471. The number of fused-ring (bicyclic) bond motifs is 1. The van der Waals surface area contributed by atoms with Crippen LogP contribution >= 0.6 is 0 Å². The van der Waals surface area contributed by atoms with Crippen molar-refractivity contribution >= 4 is 16.9 Å². The molecule has 3 aromatic rings. The molecule has 0 unspecified atom stereocenters. The van der Waals surface area contributed by atoms with Crippen LogP contribution in [0.4, 0.5) is 8.78 Å². The number of hydrogen-bond acceptors (Lipinski definition) is 3. The van der Waals surface area contributed by atoms with Gasteiger partial charge in [-0.15, -0.1) is 0 Å². The van der Waals surface area contributed by atoms with Crippen LogP contribution in [0.25, 0.3) is 22.2 Å². The molecule has 1 heterocycles. The summed E-state index contributed by atoms with van der Waals surface area (Å²) in [5.74, 6) is -2.19. The number of aromatic nitrogens is 1. The van der Waals surface area contributed by atoms with E-state index in [9.17, 15) is 18.7 Å². The molecule has 0 bridgehead atoms. The number of methoxy groups -OCH3 is 1. The van der Waals surface area contributed by atoms with E-state index in [0.29, 0.717) is 16.7 Å².